The molecule has 0 spiro atoms. The van der Waals surface area contributed by atoms with Crippen LogP contribution in [0.15, 0.2) is 0 Å². The van der Waals surface area contributed by atoms with Gasteiger partial charge < -0.3 is 9.84 Å². The summed E-state index contributed by atoms with van der Waals surface area (Å²) in [7, 11) is 0. The van der Waals surface area contributed by atoms with Crippen molar-refractivity contribution < 1.29 is 27.8 Å². The van der Waals surface area contributed by atoms with E-state index in [4.69, 9.17) is 9.84 Å². The van der Waals surface area contributed by atoms with E-state index in [1.807, 2.05) is 0 Å². The number of ether oxygens (including phenoxy) is 1. The molecule has 0 rings (SSSR count). The summed E-state index contributed by atoms with van der Waals surface area (Å²) >= 11 is 0. The van der Waals surface area contributed by atoms with Gasteiger partial charge >= 0.3 is 12.1 Å². The van der Waals surface area contributed by atoms with Gasteiger partial charge in [-0.15, -0.1) is 0 Å². The first-order valence-electron chi connectivity index (χ1n) is 5.65. The highest BCUT2D eigenvalue weighted by atomic mass is 19.4. The molecule has 0 atom stereocenters. The summed E-state index contributed by atoms with van der Waals surface area (Å²) in [6.07, 6.45) is -4.48. The molecular formula is C11H20F3NO3. The number of aliphatic hydroxyl groups excluding tert-OH is 1. The van der Waals surface area contributed by atoms with E-state index < -0.39 is 24.3 Å². The van der Waals surface area contributed by atoms with E-state index in [1.54, 1.807) is 20.8 Å². The van der Waals surface area contributed by atoms with Gasteiger partial charge in [0.2, 0.25) is 0 Å². The summed E-state index contributed by atoms with van der Waals surface area (Å²) < 4.78 is 41.5. The second-order valence-corrected chi connectivity index (χ2v) is 4.95. The molecule has 18 heavy (non-hydrogen) atoms. The Hall–Kier alpha value is -0.820. The molecule has 0 aromatic heterocycles. The number of carbonyl (C=O) groups excluding carboxylic acids is 1. The molecule has 0 aliphatic heterocycles. The SMILES string of the molecule is CC(C)(C)OC(=O)CCN(CCO)CC(F)(F)F. The largest absolute Gasteiger partial charge is 0.460 e. The molecule has 0 aliphatic carbocycles. The highest BCUT2D eigenvalue weighted by molar-refractivity contribution is 5.70. The van der Waals surface area contributed by atoms with Crippen LogP contribution in [0.2, 0.25) is 0 Å². The number of hydrogen-bond donors (Lipinski definition) is 1. The van der Waals surface area contributed by atoms with Crippen molar-refractivity contribution in [1.29, 1.82) is 0 Å². The smallest absolute Gasteiger partial charge is 0.401 e. The zero-order valence-electron chi connectivity index (χ0n) is 10.9. The van der Waals surface area contributed by atoms with Crippen molar-refractivity contribution in [2.75, 3.05) is 26.2 Å². The predicted molar refractivity (Wildman–Crippen MR) is 60.0 cm³/mol. The summed E-state index contributed by atoms with van der Waals surface area (Å²) in [6.45, 7) is 3.32. The van der Waals surface area contributed by atoms with Crippen molar-refractivity contribution in [3.63, 3.8) is 0 Å². The van der Waals surface area contributed by atoms with Gasteiger partial charge in [-0.05, 0) is 20.8 Å². The average Bonchev–Trinajstić information content (AvgIpc) is 2.09. The fraction of sp³-hybridized carbons (Fsp3) is 0.909. The molecule has 0 unspecified atom stereocenters. The van der Waals surface area contributed by atoms with Crippen LogP contribution in [0, 0.1) is 0 Å². The molecule has 0 aromatic rings. The lowest BCUT2D eigenvalue weighted by molar-refractivity contribution is -0.159. The van der Waals surface area contributed by atoms with Gasteiger partial charge in [-0.2, -0.15) is 13.2 Å². The van der Waals surface area contributed by atoms with E-state index >= 15 is 0 Å². The van der Waals surface area contributed by atoms with Crippen LogP contribution in [0.1, 0.15) is 27.2 Å². The minimum Gasteiger partial charge on any atom is -0.460 e. The number of rotatable bonds is 6. The van der Waals surface area contributed by atoms with Gasteiger partial charge in [-0.1, -0.05) is 0 Å². The Morgan fingerprint density at radius 3 is 2.17 bits per heavy atom. The van der Waals surface area contributed by atoms with Crippen molar-refractivity contribution in [3.8, 4) is 0 Å². The minimum atomic E-state index is -4.34. The number of esters is 1. The van der Waals surface area contributed by atoms with Crippen LogP contribution < -0.4 is 0 Å². The first-order valence-corrected chi connectivity index (χ1v) is 5.65. The second-order valence-electron chi connectivity index (χ2n) is 4.95. The van der Waals surface area contributed by atoms with Crippen LogP contribution in [0.25, 0.3) is 0 Å². The summed E-state index contributed by atoms with van der Waals surface area (Å²) in [5.41, 5.74) is -0.650. The molecule has 0 heterocycles. The van der Waals surface area contributed by atoms with Crippen LogP contribution in [-0.2, 0) is 9.53 Å². The molecular weight excluding hydrogens is 251 g/mol. The van der Waals surface area contributed by atoms with Gasteiger partial charge in [0.1, 0.15) is 5.60 Å². The number of nitrogens with zero attached hydrogens (tertiary/aromatic N) is 1. The van der Waals surface area contributed by atoms with E-state index in [-0.39, 0.29) is 26.1 Å². The quantitative estimate of drug-likeness (QED) is 0.745. The number of carbonyl (C=O) groups is 1. The lowest BCUT2D eigenvalue weighted by atomic mass is 10.2. The van der Waals surface area contributed by atoms with Crippen molar-refractivity contribution in [2.24, 2.45) is 0 Å². The summed E-state index contributed by atoms with van der Waals surface area (Å²) in [5, 5.41) is 8.66. The van der Waals surface area contributed by atoms with Crippen LogP contribution in [-0.4, -0.2) is 54.0 Å². The van der Waals surface area contributed by atoms with Gasteiger partial charge in [0.15, 0.2) is 0 Å². The Morgan fingerprint density at radius 2 is 1.78 bits per heavy atom. The Balaban J connectivity index is 4.15. The number of aliphatic hydroxyl groups is 1. The maximum absolute atomic E-state index is 12.2. The van der Waals surface area contributed by atoms with Crippen molar-refractivity contribution in [2.45, 2.75) is 39.0 Å². The fourth-order valence-electron chi connectivity index (χ4n) is 1.31. The standard InChI is InChI=1S/C11H20F3NO3/c1-10(2,3)18-9(17)4-5-15(6-7-16)8-11(12,13)14/h16H,4-8H2,1-3H3. The normalized spacial score (nSPS) is 12.9. The minimum absolute atomic E-state index is 0.0883. The summed E-state index contributed by atoms with van der Waals surface area (Å²) in [4.78, 5) is 12.3. The van der Waals surface area contributed by atoms with E-state index in [1.165, 1.54) is 0 Å². The molecule has 0 amide bonds. The van der Waals surface area contributed by atoms with Crippen LogP contribution in [0.5, 0.6) is 0 Å². The highest BCUT2D eigenvalue weighted by Gasteiger charge is 2.30. The molecule has 4 nitrogen and oxygen atoms in total. The first-order chi connectivity index (χ1) is 8.03. The van der Waals surface area contributed by atoms with Gasteiger partial charge in [-0.3, -0.25) is 9.69 Å². The monoisotopic (exact) mass is 271 g/mol. The third-order valence-corrected chi connectivity index (χ3v) is 1.87. The van der Waals surface area contributed by atoms with E-state index in [0.29, 0.717) is 0 Å². The number of halogens is 3. The molecule has 0 aliphatic rings. The Bertz CT molecular complexity index is 261. The lowest BCUT2D eigenvalue weighted by Gasteiger charge is -2.24. The molecule has 0 saturated heterocycles. The lowest BCUT2D eigenvalue weighted by Crippen LogP contribution is -2.38. The van der Waals surface area contributed by atoms with E-state index in [2.05, 4.69) is 0 Å². The molecule has 0 radical (unpaired) electrons. The van der Waals surface area contributed by atoms with Gasteiger partial charge in [-0.25, -0.2) is 0 Å². The molecule has 0 fully saturated rings. The Labute approximate surface area is 105 Å². The molecule has 1 N–H and O–H groups in total. The molecule has 0 saturated carbocycles. The van der Waals surface area contributed by atoms with Gasteiger partial charge in [0, 0.05) is 13.1 Å². The molecule has 0 aromatic carbocycles. The second kappa shape index (κ2) is 6.94. The third kappa shape index (κ3) is 10.3. The van der Waals surface area contributed by atoms with Crippen molar-refractivity contribution >= 4 is 5.97 Å². The molecule has 108 valence electrons. The average molecular weight is 271 g/mol. The Kier molecular flexibility index (Phi) is 6.62. The zero-order chi connectivity index (χ0) is 14.4. The molecule has 0 bridgehead atoms. The summed E-state index contributed by atoms with van der Waals surface area (Å²) in [6, 6.07) is 0. The fourth-order valence-corrected chi connectivity index (χ4v) is 1.31. The third-order valence-electron chi connectivity index (χ3n) is 1.87. The van der Waals surface area contributed by atoms with Crippen molar-refractivity contribution in [1.82, 2.24) is 4.90 Å². The van der Waals surface area contributed by atoms with E-state index in [0.717, 1.165) is 4.90 Å². The van der Waals surface area contributed by atoms with Crippen LogP contribution >= 0.6 is 0 Å². The maximum atomic E-state index is 12.2. The topological polar surface area (TPSA) is 49.8 Å². The van der Waals surface area contributed by atoms with E-state index in [9.17, 15) is 18.0 Å². The predicted octanol–water partition coefficient (Wildman–Crippen LogP) is 1.57. The van der Waals surface area contributed by atoms with Crippen LogP contribution in [0.3, 0.4) is 0 Å². The van der Waals surface area contributed by atoms with Crippen molar-refractivity contribution in [3.05, 3.63) is 0 Å². The maximum Gasteiger partial charge on any atom is 0.401 e. The Morgan fingerprint density at radius 1 is 1.22 bits per heavy atom. The summed E-state index contributed by atoms with van der Waals surface area (Å²) in [5.74, 6) is -0.549. The zero-order valence-corrected chi connectivity index (χ0v) is 10.9. The first kappa shape index (κ1) is 17.2. The number of alkyl halides is 3. The number of hydrogen-bond acceptors (Lipinski definition) is 4. The van der Waals surface area contributed by atoms with Gasteiger partial charge in [0.25, 0.3) is 0 Å². The molecule has 7 heteroatoms. The van der Waals surface area contributed by atoms with Gasteiger partial charge in [0.05, 0.1) is 19.6 Å². The van der Waals surface area contributed by atoms with Crippen LogP contribution in [0.4, 0.5) is 13.2 Å². The highest BCUT2D eigenvalue weighted by Crippen LogP contribution is 2.16.